The molecule has 86 valence electrons. The topological polar surface area (TPSA) is 32.3 Å². The number of hydrogen-bond donors (Lipinski definition) is 2. The molecule has 1 aliphatic carbocycles. The van der Waals surface area contributed by atoms with Crippen LogP contribution in [0.3, 0.4) is 0 Å². The van der Waals surface area contributed by atoms with Crippen LogP contribution in [0.4, 0.5) is 0 Å². The number of fused-ring (bicyclic) bond motifs is 4. The van der Waals surface area contributed by atoms with Gasteiger partial charge in [-0.2, -0.15) is 0 Å². The SMILES string of the molecule is CC1[C@H]2Cc3ccc(O)cc3[C@@]1(C)CCN2. The molecule has 0 radical (unpaired) electrons. The summed E-state index contributed by atoms with van der Waals surface area (Å²) >= 11 is 0. The highest BCUT2D eigenvalue weighted by molar-refractivity contribution is 5.44. The number of phenolic OH excluding ortho intramolecular Hbond substituents is 1. The highest BCUT2D eigenvalue weighted by Gasteiger charge is 2.45. The molecule has 2 heteroatoms. The second kappa shape index (κ2) is 3.24. The van der Waals surface area contributed by atoms with Crippen molar-refractivity contribution in [1.29, 1.82) is 0 Å². The fraction of sp³-hybridized carbons (Fsp3) is 0.571. The van der Waals surface area contributed by atoms with Crippen LogP contribution in [-0.2, 0) is 11.8 Å². The average molecular weight is 217 g/mol. The molecule has 2 bridgehead atoms. The molecule has 1 aromatic rings. The monoisotopic (exact) mass is 217 g/mol. The van der Waals surface area contributed by atoms with E-state index in [4.69, 9.17) is 0 Å². The van der Waals surface area contributed by atoms with Crippen LogP contribution >= 0.6 is 0 Å². The summed E-state index contributed by atoms with van der Waals surface area (Å²) in [6, 6.07) is 6.49. The number of piperidine rings is 1. The minimum atomic E-state index is 0.238. The number of hydrogen-bond acceptors (Lipinski definition) is 2. The van der Waals surface area contributed by atoms with Gasteiger partial charge in [-0.15, -0.1) is 0 Å². The van der Waals surface area contributed by atoms with Gasteiger partial charge in [0.15, 0.2) is 0 Å². The smallest absolute Gasteiger partial charge is 0.115 e. The fourth-order valence-electron chi connectivity index (χ4n) is 3.51. The van der Waals surface area contributed by atoms with Gasteiger partial charge in [-0.1, -0.05) is 19.9 Å². The Morgan fingerprint density at radius 1 is 1.44 bits per heavy atom. The van der Waals surface area contributed by atoms with Gasteiger partial charge in [0.05, 0.1) is 0 Å². The zero-order valence-corrected chi connectivity index (χ0v) is 9.96. The number of aromatic hydroxyl groups is 1. The standard InChI is InChI=1S/C14H19NO/c1-9-13-7-10-3-4-11(16)8-12(10)14(9,2)5-6-15-13/h3-4,8-9,13,15-16H,5-7H2,1-2H3/t9?,13-,14+/m1/s1. The minimum absolute atomic E-state index is 0.238. The molecule has 2 aliphatic rings. The Morgan fingerprint density at radius 2 is 2.25 bits per heavy atom. The van der Waals surface area contributed by atoms with Gasteiger partial charge in [0.25, 0.3) is 0 Å². The molecule has 2 N–H and O–H groups in total. The zero-order valence-electron chi connectivity index (χ0n) is 9.96. The molecular weight excluding hydrogens is 198 g/mol. The molecule has 3 atom stereocenters. The molecule has 1 aromatic carbocycles. The van der Waals surface area contributed by atoms with Crippen molar-refractivity contribution >= 4 is 0 Å². The van der Waals surface area contributed by atoms with Crippen molar-refractivity contribution in [2.45, 2.75) is 38.1 Å². The summed E-state index contributed by atoms with van der Waals surface area (Å²) in [5.74, 6) is 1.06. The van der Waals surface area contributed by atoms with Gasteiger partial charge in [-0.3, -0.25) is 0 Å². The number of nitrogens with one attached hydrogen (secondary N) is 1. The first-order valence-corrected chi connectivity index (χ1v) is 6.17. The quantitative estimate of drug-likeness (QED) is 0.698. The normalized spacial score (nSPS) is 36.9. The summed E-state index contributed by atoms with van der Waals surface area (Å²) in [7, 11) is 0. The van der Waals surface area contributed by atoms with Crippen molar-refractivity contribution in [3.05, 3.63) is 29.3 Å². The van der Waals surface area contributed by atoms with Crippen molar-refractivity contribution in [2.75, 3.05) is 6.54 Å². The predicted molar refractivity (Wildman–Crippen MR) is 64.7 cm³/mol. The second-order valence-corrected chi connectivity index (χ2v) is 5.56. The van der Waals surface area contributed by atoms with Gasteiger partial charge >= 0.3 is 0 Å². The van der Waals surface area contributed by atoms with Crippen molar-refractivity contribution in [3.63, 3.8) is 0 Å². The van der Waals surface area contributed by atoms with Gasteiger partial charge < -0.3 is 10.4 Å². The Labute approximate surface area is 96.7 Å². The third-order valence-corrected chi connectivity index (χ3v) is 4.81. The molecule has 0 saturated carbocycles. The third-order valence-electron chi connectivity index (χ3n) is 4.81. The number of rotatable bonds is 0. The summed E-state index contributed by atoms with van der Waals surface area (Å²) in [5, 5.41) is 13.3. The van der Waals surface area contributed by atoms with E-state index in [0.717, 1.165) is 13.0 Å². The molecule has 1 heterocycles. The maximum atomic E-state index is 9.67. The van der Waals surface area contributed by atoms with Gasteiger partial charge in [-0.05, 0) is 54.0 Å². The van der Waals surface area contributed by atoms with Crippen LogP contribution in [0.5, 0.6) is 5.75 Å². The first-order chi connectivity index (χ1) is 7.61. The number of benzene rings is 1. The Bertz CT molecular complexity index is 429. The van der Waals surface area contributed by atoms with Gasteiger partial charge in [0, 0.05) is 6.04 Å². The first-order valence-electron chi connectivity index (χ1n) is 6.17. The molecule has 16 heavy (non-hydrogen) atoms. The fourth-order valence-corrected chi connectivity index (χ4v) is 3.51. The van der Waals surface area contributed by atoms with E-state index in [9.17, 15) is 5.11 Å². The Morgan fingerprint density at radius 3 is 3.06 bits per heavy atom. The van der Waals surface area contributed by atoms with Gasteiger partial charge in [-0.25, -0.2) is 0 Å². The van der Waals surface area contributed by atoms with Crippen molar-refractivity contribution in [1.82, 2.24) is 5.32 Å². The maximum absolute atomic E-state index is 9.67. The van der Waals surface area contributed by atoms with E-state index >= 15 is 0 Å². The lowest BCUT2D eigenvalue weighted by molar-refractivity contribution is 0.158. The lowest BCUT2D eigenvalue weighted by Crippen LogP contribution is -2.56. The van der Waals surface area contributed by atoms with E-state index in [1.54, 1.807) is 0 Å². The van der Waals surface area contributed by atoms with Crippen LogP contribution < -0.4 is 5.32 Å². The molecule has 1 fully saturated rings. The summed E-state index contributed by atoms with van der Waals surface area (Å²) in [5.41, 5.74) is 3.02. The van der Waals surface area contributed by atoms with Crippen LogP contribution in [0.25, 0.3) is 0 Å². The maximum Gasteiger partial charge on any atom is 0.115 e. The van der Waals surface area contributed by atoms with Gasteiger partial charge in [0.2, 0.25) is 0 Å². The predicted octanol–water partition coefficient (Wildman–Crippen LogP) is 2.20. The first kappa shape index (κ1) is 10.2. The van der Waals surface area contributed by atoms with E-state index in [0.29, 0.717) is 17.7 Å². The van der Waals surface area contributed by atoms with E-state index < -0.39 is 0 Å². The molecule has 0 amide bonds. The van der Waals surface area contributed by atoms with Crippen LogP contribution in [0.1, 0.15) is 31.4 Å². The summed E-state index contributed by atoms with van der Waals surface area (Å²) in [4.78, 5) is 0. The van der Waals surface area contributed by atoms with E-state index in [1.807, 2.05) is 12.1 Å². The zero-order chi connectivity index (χ0) is 11.3. The largest absolute Gasteiger partial charge is 0.508 e. The lowest BCUT2D eigenvalue weighted by atomic mass is 9.59. The highest BCUT2D eigenvalue weighted by Crippen LogP contribution is 2.46. The van der Waals surface area contributed by atoms with Crippen LogP contribution in [0.2, 0.25) is 0 Å². The molecular formula is C14H19NO. The molecule has 0 aromatic heterocycles. The second-order valence-electron chi connectivity index (χ2n) is 5.56. The van der Waals surface area contributed by atoms with Crippen molar-refractivity contribution < 1.29 is 5.11 Å². The molecule has 3 rings (SSSR count). The minimum Gasteiger partial charge on any atom is -0.508 e. The molecule has 1 aliphatic heterocycles. The van der Waals surface area contributed by atoms with Crippen LogP contribution in [0.15, 0.2) is 18.2 Å². The molecule has 1 saturated heterocycles. The lowest BCUT2D eigenvalue weighted by Gasteiger charge is -2.50. The highest BCUT2D eigenvalue weighted by atomic mass is 16.3. The Hall–Kier alpha value is -1.02. The van der Waals surface area contributed by atoms with Crippen molar-refractivity contribution in [3.8, 4) is 5.75 Å². The van der Waals surface area contributed by atoms with Crippen LogP contribution in [0, 0.1) is 5.92 Å². The van der Waals surface area contributed by atoms with E-state index in [2.05, 4.69) is 25.2 Å². The van der Waals surface area contributed by atoms with Gasteiger partial charge in [0.1, 0.15) is 5.75 Å². The Balaban J connectivity index is 2.18. The molecule has 2 nitrogen and oxygen atoms in total. The summed E-state index contributed by atoms with van der Waals surface area (Å²) in [6.07, 6.45) is 2.27. The summed E-state index contributed by atoms with van der Waals surface area (Å²) < 4.78 is 0. The van der Waals surface area contributed by atoms with Crippen LogP contribution in [-0.4, -0.2) is 17.7 Å². The van der Waals surface area contributed by atoms with Crippen molar-refractivity contribution in [2.24, 2.45) is 5.92 Å². The summed E-state index contributed by atoms with van der Waals surface area (Å²) in [6.45, 7) is 5.79. The number of phenols is 1. The Kier molecular flexibility index (Phi) is 2.05. The third kappa shape index (κ3) is 1.23. The molecule has 1 unspecified atom stereocenters. The van der Waals surface area contributed by atoms with E-state index in [1.165, 1.54) is 17.5 Å². The average Bonchev–Trinajstić information content (AvgIpc) is 2.25. The van der Waals surface area contributed by atoms with E-state index in [-0.39, 0.29) is 5.41 Å². The molecule has 0 spiro atoms.